The SMILES string of the molecule is CC.COCCOc1cc(F)cc2nc(C3CCCC3)[nH]c(=O)c12. The van der Waals surface area contributed by atoms with Crippen molar-refractivity contribution in [3.05, 3.63) is 34.1 Å². The lowest BCUT2D eigenvalue weighted by molar-refractivity contribution is 0.147. The maximum absolute atomic E-state index is 13.8. The second-order valence-corrected chi connectivity index (χ2v) is 5.57. The fraction of sp³-hybridized carbons (Fsp3) is 0.556. The summed E-state index contributed by atoms with van der Waals surface area (Å²) in [4.78, 5) is 19.7. The zero-order valence-corrected chi connectivity index (χ0v) is 14.5. The monoisotopic (exact) mass is 336 g/mol. The number of halogens is 1. The largest absolute Gasteiger partial charge is 0.490 e. The summed E-state index contributed by atoms with van der Waals surface area (Å²) in [6, 6.07) is 2.50. The van der Waals surface area contributed by atoms with Crippen molar-refractivity contribution >= 4 is 10.9 Å². The van der Waals surface area contributed by atoms with Gasteiger partial charge in [0, 0.05) is 25.2 Å². The van der Waals surface area contributed by atoms with Crippen LogP contribution in [0.3, 0.4) is 0 Å². The Kier molecular flexibility index (Phi) is 6.73. The summed E-state index contributed by atoms with van der Waals surface area (Å²) >= 11 is 0. The van der Waals surface area contributed by atoms with Crippen LogP contribution in [0.2, 0.25) is 0 Å². The van der Waals surface area contributed by atoms with E-state index in [0.717, 1.165) is 25.7 Å². The average Bonchev–Trinajstić information content (AvgIpc) is 3.10. The van der Waals surface area contributed by atoms with E-state index >= 15 is 0 Å². The number of benzene rings is 1. The van der Waals surface area contributed by atoms with E-state index < -0.39 is 5.82 Å². The molecule has 5 nitrogen and oxygen atoms in total. The minimum atomic E-state index is -0.463. The quantitative estimate of drug-likeness (QED) is 0.844. The van der Waals surface area contributed by atoms with Gasteiger partial charge in [0.05, 0.1) is 12.1 Å². The van der Waals surface area contributed by atoms with Crippen molar-refractivity contribution in [1.82, 2.24) is 9.97 Å². The molecule has 0 radical (unpaired) electrons. The van der Waals surface area contributed by atoms with Gasteiger partial charge < -0.3 is 14.5 Å². The zero-order valence-electron chi connectivity index (χ0n) is 14.5. The lowest BCUT2D eigenvalue weighted by Crippen LogP contribution is -2.16. The third-order valence-corrected chi connectivity index (χ3v) is 4.04. The fourth-order valence-electron chi connectivity index (χ4n) is 2.96. The number of aromatic nitrogens is 2. The van der Waals surface area contributed by atoms with Gasteiger partial charge in [0.2, 0.25) is 0 Å². The number of hydrogen-bond donors (Lipinski definition) is 1. The summed E-state index contributed by atoms with van der Waals surface area (Å²) in [6.07, 6.45) is 4.31. The molecule has 1 N–H and O–H groups in total. The van der Waals surface area contributed by atoms with Crippen LogP contribution < -0.4 is 10.3 Å². The number of rotatable bonds is 5. The molecule has 1 aromatic carbocycles. The van der Waals surface area contributed by atoms with Crippen molar-refractivity contribution in [2.45, 2.75) is 45.4 Å². The molecule has 0 spiro atoms. The Bertz CT molecular complexity index is 724. The standard InChI is InChI=1S/C16H19FN2O3.C2H6/c1-21-6-7-22-13-9-11(17)8-12-14(13)16(20)19-15(18-12)10-4-2-3-5-10;1-2/h8-10H,2-7H2,1H3,(H,18,19,20);1-2H3. The molecule has 0 saturated heterocycles. The highest BCUT2D eigenvalue weighted by atomic mass is 19.1. The van der Waals surface area contributed by atoms with E-state index in [4.69, 9.17) is 9.47 Å². The lowest BCUT2D eigenvalue weighted by Gasteiger charge is -2.12. The number of nitrogens with zero attached hydrogens (tertiary/aromatic N) is 1. The van der Waals surface area contributed by atoms with Crippen LogP contribution in [0.15, 0.2) is 16.9 Å². The van der Waals surface area contributed by atoms with Gasteiger partial charge in [-0.15, -0.1) is 0 Å². The molecule has 0 amide bonds. The maximum Gasteiger partial charge on any atom is 0.262 e. The molecule has 132 valence electrons. The van der Waals surface area contributed by atoms with Crippen LogP contribution in [0.4, 0.5) is 4.39 Å². The summed E-state index contributed by atoms with van der Waals surface area (Å²) in [6.45, 7) is 4.61. The van der Waals surface area contributed by atoms with Crippen LogP contribution in [-0.4, -0.2) is 30.3 Å². The first-order valence-electron chi connectivity index (χ1n) is 8.54. The van der Waals surface area contributed by atoms with Gasteiger partial charge in [-0.3, -0.25) is 4.79 Å². The number of aromatic amines is 1. The molecule has 0 aliphatic heterocycles. The van der Waals surface area contributed by atoms with Gasteiger partial charge in [0.25, 0.3) is 5.56 Å². The molecule has 0 atom stereocenters. The number of fused-ring (bicyclic) bond motifs is 1. The maximum atomic E-state index is 13.8. The molecule has 6 heteroatoms. The van der Waals surface area contributed by atoms with Crippen LogP contribution in [0.1, 0.15) is 51.3 Å². The van der Waals surface area contributed by atoms with Crippen molar-refractivity contribution in [2.75, 3.05) is 20.3 Å². The van der Waals surface area contributed by atoms with Crippen molar-refractivity contribution in [3.8, 4) is 5.75 Å². The predicted molar refractivity (Wildman–Crippen MR) is 92.2 cm³/mol. The van der Waals surface area contributed by atoms with E-state index in [-0.39, 0.29) is 23.8 Å². The summed E-state index contributed by atoms with van der Waals surface area (Å²) in [5, 5.41) is 0.291. The highest BCUT2D eigenvalue weighted by Crippen LogP contribution is 2.32. The van der Waals surface area contributed by atoms with E-state index in [9.17, 15) is 9.18 Å². The van der Waals surface area contributed by atoms with Gasteiger partial charge in [-0.1, -0.05) is 26.7 Å². The molecular formula is C18H25FN2O3. The first-order chi connectivity index (χ1) is 11.7. The van der Waals surface area contributed by atoms with Crippen LogP contribution >= 0.6 is 0 Å². The molecule has 2 aromatic rings. The molecule has 1 aliphatic rings. The van der Waals surface area contributed by atoms with Crippen molar-refractivity contribution in [2.24, 2.45) is 0 Å². The first kappa shape index (κ1) is 18.4. The summed E-state index contributed by atoms with van der Waals surface area (Å²) in [5.74, 6) is 0.663. The Morgan fingerprint density at radius 1 is 1.25 bits per heavy atom. The first-order valence-corrected chi connectivity index (χ1v) is 8.54. The summed E-state index contributed by atoms with van der Waals surface area (Å²) < 4.78 is 24.1. The summed E-state index contributed by atoms with van der Waals surface area (Å²) in [7, 11) is 1.55. The van der Waals surface area contributed by atoms with Gasteiger partial charge in [-0.2, -0.15) is 0 Å². The van der Waals surface area contributed by atoms with Gasteiger partial charge >= 0.3 is 0 Å². The van der Waals surface area contributed by atoms with Crippen molar-refractivity contribution < 1.29 is 13.9 Å². The molecule has 1 fully saturated rings. The van der Waals surface area contributed by atoms with E-state index in [1.54, 1.807) is 7.11 Å². The van der Waals surface area contributed by atoms with E-state index in [1.807, 2.05) is 13.8 Å². The number of hydrogen-bond acceptors (Lipinski definition) is 4. The van der Waals surface area contributed by atoms with Crippen LogP contribution in [-0.2, 0) is 4.74 Å². The Morgan fingerprint density at radius 3 is 2.62 bits per heavy atom. The van der Waals surface area contributed by atoms with Crippen molar-refractivity contribution in [1.29, 1.82) is 0 Å². The second-order valence-electron chi connectivity index (χ2n) is 5.57. The molecule has 0 unspecified atom stereocenters. The third kappa shape index (κ3) is 4.12. The highest BCUT2D eigenvalue weighted by Gasteiger charge is 2.21. The lowest BCUT2D eigenvalue weighted by atomic mass is 10.1. The Labute approximate surface area is 141 Å². The molecule has 3 rings (SSSR count). The van der Waals surface area contributed by atoms with Crippen LogP contribution in [0, 0.1) is 5.82 Å². The number of H-pyrrole nitrogens is 1. The minimum absolute atomic E-state index is 0.207. The van der Waals surface area contributed by atoms with Gasteiger partial charge in [-0.05, 0) is 12.8 Å². The van der Waals surface area contributed by atoms with Crippen LogP contribution in [0.25, 0.3) is 10.9 Å². The van der Waals surface area contributed by atoms with Gasteiger partial charge in [0.15, 0.2) is 0 Å². The Hall–Kier alpha value is -1.95. The smallest absolute Gasteiger partial charge is 0.262 e. The molecule has 1 aromatic heterocycles. The topological polar surface area (TPSA) is 64.2 Å². The molecular weight excluding hydrogens is 311 g/mol. The highest BCUT2D eigenvalue weighted by molar-refractivity contribution is 5.84. The van der Waals surface area contributed by atoms with Crippen molar-refractivity contribution in [3.63, 3.8) is 0 Å². The molecule has 1 heterocycles. The van der Waals surface area contributed by atoms with Gasteiger partial charge in [0.1, 0.15) is 29.4 Å². The Morgan fingerprint density at radius 2 is 1.96 bits per heavy atom. The van der Waals surface area contributed by atoms with E-state index in [1.165, 1.54) is 12.1 Å². The van der Waals surface area contributed by atoms with Gasteiger partial charge in [-0.25, -0.2) is 9.37 Å². The molecule has 0 bridgehead atoms. The molecule has 1 aliphatic carbocycles. The van der Waals surface area contributed by atoms with Crippen LogP contribution in [0.5, 0.6) is 5.75 Å². The molecule has 1 saturated carbocycles. The average molecular weight is 336 g/mol. The van der Waals surface area contributed by atoms with E-state index in [0.29, 0.717) is 23.3 Å². The zero-order chi connectivity index (χ0) is 17.5. The number of ether oxygens (including phenoxy) is 2. The third-order valence-electron chi connectivity index (χ3n) is 4.04. The summed E-state index contributed by atoms with van der Waals surface area (Å²) in [5.41, 5.74) is 0.0670. The predicted octanol–water partition coefficient (Wildman–Crippen LogP) is 3.77. The molecule has 24 heavy (non-hydrogen) atoms. The van der Waals surface area contributed by atoms with E-state index in [2.05, 4.69) is 9.97 Å². The number of methoxy groups -OCH3 is 1. The number of nitrogens with one attached hydrogen (secondary N) is 1. The second kappa shape index (κ2) is 8.78. The normalized spacial score (nSPS) is 14.5. The Balaban J connectivity index is 0.00000100. The fourth-order valence-corrected chi connectivity index (χ4v) is 2.96. The minimum Gasteiger partial charge on any atom is -0.490 e.